The van der Waals surface area contributed by atoms with Crippen LogP contribution >= 0.6 is 0 Å². The Morgan fingerprint density at radius 1 is 1.23 bits per heavy atom. The Morgan fingerprint density at radius 3 is 2.58 bits per heavy atom. The number of amides is 1. The van der Waals surface area contributed by atoms with E-state index in [1.165, 1.54) is 11.8 Å². The number of nitrogens with zero attached hydrogens (tertiary/aromatic N) is 3. The standard InChI is InChI=1S/C20H28N4O2/c1-3-15(2)18(21)19-22-17(14-26-19)20(25)24-11-9-23(10-12-24)13-16-7-5-4-6-8-16/h4-8,14-15,18H,3,9-13,21H2,1-2H3. The van der Waals surface area contributed by atoms with Crippen molar-refractivity contribution in [2.75, 3.05) is 26.2 Å². The third kappa shape index (κ3) is 4.31. The number of hydrogen-bond donors (Lipinski definition) is 1. The Kier molecular flexibility index (Phi) is 6.06. The Balaban J connectivity index is 1.54. The fraction of sp³-hybridized carbons (Fsp3) is 0.500. The SMILES string of the molecule is CCC(C)C(N)c1nc(C(=O)N2CCN(Cc3ccccc3)CC2)co1. The van der Waals surface area contributed by atoms with Gasteiger partial charge in [-0.15, -0.1) is 0 Å². The first-order valence-corrected chi connectivity index (χ1v) is 9.35. The van der Waals surface area contributed by atoms with Crippen molar-refractivity contribution in [2.24, 2.45) is 11.7 Å². The van der Waals surface area contributed by atoms with Crippen LogP contribution in [0.3, 0.4) is 0 Å². The number of oxazole rings is 1. The average Bonchev–Trinajstić information content (AvgIpc) is 3.18. The summed E-state index contributed by atoms with van der Waals surface area (Å²) in [7, 11) is 0. The van der Waals surface area contributed by atoms with Gasteiger partial charge in [0.15, 0.2) is 5.69 Å². The molecule has 1 amide bonds. The summed E-state index contributed by atoms with van der Waals surface area (Å²) < 4.78 is 5.47. The smallest absolute Gasteiger partial charge is 0.275 e. The number of rotatable bonds is 6. The molecule has 1 aromatic carbocycles. The second-order valence-electron chi connectivity index (χ2n) is 7.04. The minimum atomic E-state index is -0.274. The van der Waals surface area contributed by atoms with Crippen molar-refractivity contribution in [2.45, 2.75) is 32.9 Å². The lowest BCUT2D eigenvalue weighted by atomic mass is 10.0. The second kappa shape index (κ2) is 8.47. The molecule has 2 aromatic rings. The summed E-state index contributed by atoms with van der Waals surface area (Å²) in [5.74, 6) is 0.638. The fourth-order valence-electron chi connectivity index (χ4n) is 3.15. The maximum atomic E-state index is 12.7. The van der Waals surface area contributed by atoms with Crippen LogP contribution in [0.4, 0.5) is 0 Å². The van der Waals surface area contributed by atoms with E-state index in [9.17, 15) is 4.79 Å². The molecule has 2 heterocycles. The minimum absolute atomic E-state index is 0.0734. The van der Waals surface area contributed by atoms with Crippen molar-refractivity contribution >= 4 is 5.91 Å². The Labute approximate surface area is 155 Å². The lowest BCUT2D eigenvalue weighted by Gasteiger charge is -2.34. The Bertz CT molecular complexity index is 708. The largest absolute Gasteiger partial charge is 0.446 e. The predicted molar refractivity (Wildman–Crippen MR) is 101 cm³/mol. The molecule has 0 saturated carbocycles. The highest BCUT2D eigenvalue weighted by Gasteiger charge is 2.26. The molecule has 3 rings (SSSR count). The molecule has 0 radical (unpaired) electrons. The summed E-state index contributed by atoms with van der Waals surface area (Å²) >= 11 is 0. The monoisotopic (exact) mass is 356 g/mol. The number of hydrogen-bond acceptors (Lipinski definition) is 5. The molecule has 1 aromatic heterocycles. The number of carbonyl (C=O) groups is 1. The summed E-state index contributed by atoms with van der Waals surface area (Å²) in [6.45, 7) is 8.17. The molecule has 140 valence electrons. The third-order valence-corrected chi connectivity index (χ3v) is 5.19. The minimum Gasteiger partial charge on any atom is -0.446 e. The van der Waals surface area contributed by atoms with E-state index < -0.39 is 0 Å². The van der Waals surface area contributed by atoms with Crippen molar-refractivity contribution in [3.63, 3.8) is 0 Å². The number of piperazine rings is 1. The van der Waals surface area contributed by atoms with Gasteiger partial charge in [0.05, 0.1) is 6.04 Å². The quantitative estimate of drug-likeness (QED) is 0.861. The first kappa shape index (κ1) is 18.6. The maximum Gasteiger partial charge on any atom is 0.275 e. The number of aromatic nitrogens is 1. The van der Waals surface area contributed by atoms with Gasteiger partial charge in [-0.05, 0) is 11.5 Å². The average molecular weight is 356 g/mol. The fourth-order valence-corrected chi connectivity index (χ4v) is 3.15. The van der Waals surface area contributed by atoms with Crippen LogP contribution in [0.25, 0.3) is 0 Å². The van der Waals surface area contributed by atoms with Gasteiger partial charge < -0.3 is 15.1 Å². The lowest BCUT2D eigenvalue weighted by molar-refractivity contribution is 0.0622. The number of nitrogens with two attached hydrogens (primary N) is 1. The zero-order chi connectivity index (χ0) is 18.5. The van der Waals surface area contributed by atoms with Crippen LogP contribution in [0, 0.1) is 5.92 Å². The summed E-state index contributed by atoms with van der Waals surface area (Å²) in [6.07, 6.45) is 2.38. The molecule has 0 bridgehead atoms. The van der Waals surface area contributed by atoms with Crippen LogP contribution in [0.2, 0.25) is 0 Å². The second-order valence-corrected chi connectivity index (χ2v) is 7.04. The first-order chi connectivity index (χ1) is 12.6. The van der Waals surface area contributed by atoms with Crippen LogP contribution in [-0.2, 0) is 6.54 Å². The maximum absolute atomic E-state index is 12.7. The van der Waals surface area contributed by atoms with Crippen LogP contribution in [0.15, 0.2) is 41.0 Å². The zero-order valence-electron chi connectivity index (χ0n) is 15.6. The van der Waals surface area contributed by atoms with E-state index in [4.69, 9.17) is 10.2 Å². The van der Waals surface area contributed by atoms with Gasteiger partial charge in [0.1, 0.15) is 6.26 Å². The van der Waals surface area contributed by atoms with E-state index in [0.29, 0.717) is 24.7 Å². The van der Waals surface area contributed by atoms with Gasteiger partial charge >= 0.3 is 0 Å². The number of benzene rings is 1. The van der Waals surface area contributed by atoms with Crippen LogP contribution in [0.1, 0.15) is 48.3 Å². The molecule has 1 saturated heterocycles. The first-order valence-electron chi connectivity index (χ1n) is 9.35. The molecule has 1 fully saturated rings. The molecule has 26 heavy (non-hydrogen) atoms. The molecular formula is C20H28N4O2. The zero-order valence-corrected chi connectivity index (χ0v) is 15.6. The van der Waals surface area contributed by atoms with Gasteiger partial charge in [0.2, 0.25) is 5.89 Å². The van der Waals surface area contributed by atoms with Crippen molar-refractivity contribution in [1.29, 1.82) is 0 Å². The molecular weight excluding hydrogens is 328 g/mol. The molecule has 1 aliphatic heterocycles. The summed E-state index contributed by atoms with van der Waals surface area (Å²) in [4.78, 5) is 21.2. The van der Waals surface area contributed by atoms with Gasteiger partial charge in [0.25, 0.3) is 5.91 Å². The van der Waals surface area contributed by atoms with Gasteiger partial charge in [0, 0.05) is 32.7 Å². The molecule has 0 aliphatic carbocycles. The van der Waals surface area contributed by atoms with E-state index in [1.807, 2.05) is 11.0 Å². The van der Waals surface area contributed by atoms with E-state index >= 15 is 0 Å². The molecule has 6 nitrogen and oxygen atoms in total. The molecule has 0 spiro atoms. The van der Waals surface area contributed by atoms with Gasteiger partial charge in [-0.3, -0.25) is 9.69 Å². The van der Waals surface area contributed by atoms with Crippen molar-refractivity contribution in [1.82, 2.24) is 14.8 Å². The number of carbonyl (C=O) groups excluding carboxylic acids is 1. The van der Waals surface area contributed by atoms with E-state index in [0.717, 1.165) is 26.1 Å². The lowest BCUT2D eigenvalue weighted by Crippen LogP contribution is -2.48. The third-order valence-electron chi connectivity index (χ3n) is 5.19. The highest BCUT2D eigenvalue weighted by Crippen LogP contribution is 2.21. The van der Waals surface area contributed by atoms with Crippen LogP contribution < -0.4 is 5.73 Å². The molecule has 1 aliphatic rings. The van der Waals surface area contributed by atoms with Crippen molar-refractivity contribution in [3.05, 3.63) is 53.7 Å². The predicted octanol–water partition coefficient (Wildman–Crippen LogP) is 2.68. The summed E-state index contributed by atoms with van der Waals surface area (Å²) in [5, 5.41) is 0. The molecule has 2 N–H and O–H groups in total. The van der Waals surface area contributed by atoms with E-state index in [2.05, 4.69) is 48.0 Å². The highest BCUT2D eigenvalue weighted by molar-refractivity contribution is 5.92. The van der Waals surface area contributed by atoms with Gasteiger partial charge in [-0.1, -0.05) is 50.6 Å². The Hall–Kier alpha value is -2.18. The van der Waals surface area contributed by atoms with Crippen LogP contribution in [0.5, 0.6) is 0 Å². The van der Waals surface area contributed by atoms with E-state index in [1.54, 1.807) is 0 Å². The Morgan fingerprint density at radius 2 is 1.92 bits per heavy atom. The normalized spacial score (nSPS) is 17.9. The van der Waals surface area contributed by atoms with Crippen LogP contribution in [-0.4, -0.2) is 46.9 Å². The van der Waals surface area contributed by atoms with Gasteiger partial charge in [-0.2, -0.15) is 0 Å². The molecule has 2 atom stereocenters. The van der Waals surface area contributed by atoms with Gasteiger partial charge in [-0.25, -0.2) is 4.98 Å². The topological polar surface area (TPSA) is 75.6 Å². The highest BCUT2D eigenvalue weighted by atomic mass is 16.3. The summed E-state index contributed by atoms with van der Waals surface area (Å²) in [5.41, 5.74) is 7.80. The van der Waals surface area contributed by atoms with E-state index in [-0.39, 0.29) is 17.9 Å². The van der Waals surface area contributed by atoms with Crippen molar-refractivity contribution < 1.29 is 9.21 Å². The molecule has 6 heteroatoms. The molecule has 2 unspecified atom stereocenters. The summed E-state index contributed by atoms with van der Waals surface area (Å²) in [6, 6.07) is 10.1. The van der Waals surface area contributed by atoms with Crippen molar-refractivity contribution in [3.8, 4) is 0 Å².